The first-order valence-corrected chi connectivity index (χ1v) is 11.2. The highest BCUT2D eigenvalue weighted by Crippen LogP contribution is 2.28. The van der Waals surface area contributed by atoms with Crippen LogP contribution in [-0.4, -0.2) is 39.0 Å². The first-order chi connectivity index (χ1) is 13.6. The number of benzene rings is 1. The van der Waals surface area contributed by atoms with Crippen LogP contribution in [0.5, 0.6) is 0 Å². The van der Waals surface area contributed by atoms with Crippen LogP contribution in [0.4, 0.5) is 0 Å². The van der Waals surface area contributed by atoms with Gasteiger partial charge in [-0.15, -0.1) is 23.1 Å². The summed E-state index contributed by atoms with van der Waals surface area (Å²) in [6.07, 6.45) is 1.91. The highest BCUT2D eigenvalue weighted by Gasteiger charge is 2.28. The Bertz CT molecular complexity index is 951. The molecule has 3 aromatic rings. The summed E-state index contributed by atoms with van der Waals surface area (Å²) in [6.45, 7) is 5.22. The van der Waals surface area contributed by atoms with E-state index in [0.29, 0.717) is 18.3 Å². The molecular weight excluding hydrogens is 392 g/mol. The Kier molecular flexibility index (Phi) is 5.77. The van der Waals surface area contributed by atoms with Gasteiger partial charge >= 0.3 is 0 Å². The maximum Gasteiger partial charge on any atom is 0.253 e. The van der Waals surface area contributed by atoms with Gasteiger partial charge in [0.1, 0.15) is 0 Å². The van der Waals surface area contributed by atoms with E-state index in [9.17, 15) is 4.79 Å². The molecule has 1 unspecified atom stereocenters. The molecule has 8 heteroatoms. The molecule has 146 valence electrons. The van der Waals surface area contributed by atoms with E-state index in [2.05, 4.69) is 20.5 Å². The lowest BCUT2D eigenvalue weighted by Gasteiger charge is -2.31. The van der Waals surface area contributed by atoms with E-state index in [4.69, 9.17) is 4.52 Å². The van der Waals surface area contributed by atoms with Crippen molar-refractivity contribution in [3.05, 3.63) is 57.6 Å². The third-order valence-electron chi connectivity index (χ3n) is 4.76. The number of hydrogen-bond donors (Lipinski definition) is 0. The number of aromatic nitrogens is 3. The van der Waals surface area contributed by atoms with E-state index < -0.39 is 0 Å². The number of likely N-dealkylation sites (tertiary alicyclic amines) is 1. The molecule has 1 amide bonds. The number of thioether (sulfide) groups is 1. The van der Waals surface area contributed by atoms with Crippen LogP contribution in [0.15, 0.2) is 39.1 Å². The lowest BCUT2D eigenvalue weighted by Crippen LogP contribution is -2.39. The third-order valence-corrected chi connectivity index (χ3v) is 6.62. The maximum atomic E-state index is 12.9. The quantitative estimate of drug-likeness (QED) is 0.574. The molecule has 1 atom stereocenters. The summed E-state index contributed by atoms with van der Waals surface area (Å²) in [6, 6.07) is 7.86. The van der Waals surface area contributed by atoms with Crippen molar-refractivity contribution in [3.63, 3.8) is 0 Å². The Hall–Kier alpha value is -2.19. The van der Waals surface area contributed by atoms with Crippen LogP contribution in [0.25, 0.3) is 0 Å². The van der Waals surface area contributed by atoms with Crippen molar-refractivity contribution in [1.29, 1.82) is 0 Å². The highest BCUT2D eigenvalue weighted by atomic mass is 32.2. The lowest BCUT2D eigenvalue weighted by atomic mass is 9.97. The van der Waals surface area contributed by atoms with Crippen LogP contribution in [-0.2, 0) is 5.75 Å². The van der Waals surface area contributed by atoms with Crippen molar-refractivity contribution in [2.24, 2.45) is 0 Å². The number of thiazole rings is 1. The molecule has 1 fully saturated rings. The number of piperidine rings is 1. The molecule has 1 aliphatic rings. The van der Waals surface area contributed by atoms with Crippen molar-refractivity contribution in [2.45, 2.75) is 43.3 Å². The molecule has 3 heterocycles. The summed E-state index contributed by atoms with van der Waals surface area (Å²) < 4.78 is 5.31. The van der Waals surface area contributed by atoms with Crippen LogP contribution in [0.2, 0.25) is 0 Å². The zero-order valence-electron chi connectivity index (χ0n) is 15.9. The van der Waals surface area contributed by atoms with Gasteiger partial charge < -0.3 is 9.42 Å². The number of rotatable bonds is 5. The molecule has 0 aliphatic carbocycles. The average molecular weight is 415 g/mol. The largest absolute Gasteiger partial charge is 0.339 e. The molecule has 4 rings (SSSR count). The summed E-state index contributed by atoms with van der Waals surface area (Å²) in [5, 5.41) is 7.06. The Labute approximate surface area is 172 Å². The summed E-state index contributed by atoms with van der Waals surface area (Å²) in [5.74, 6) is 2.30. The highest BCUT2D eigenvalue weighted by molar-refractivity contribution is 7.98. The molecule has 0 spiro atoms. The summed E-state index contributed by atoms with van der Waals surface area (Å²) >= 11 is 3.41. The topological polar surface area (TPSA) is 72.1 Å². The SMILES string of the molecule is Cc1noc(C2CCCN(C(=O)c3ccc(SCc4csc(C)n4)cc3)C2)n1. The van der Waals surface area contributed by atoms with Crippen molar-refractivity contribution in [3.8, 4) is 0 Å². The molecule has 1 aromatic carbocycles. The van der Waals surface area contributed by atoms with Gasteiger partial charge in [0.05, 0.1) is 16.6 Å². The smallest absolute Gasteiger partial charge is 0.253 e. The number of carbonyl (C=O) groups excluding carboxylic acids is 1. The van der Waals surface area contributed by atoms with E-state index in [0.717, 1.165) is 46.3 Å². The fourth-order valence-electron chi connectivity index (χ4n) is 3.35. The zero-order chi connectivity index (χ0) is 19.5. The molecular formula is C20H22N4O2S2. The Morgan fingerprint density at radius 2 is 2.11 bits per heavy atom. The van der Waals surface area contributed by atoms with Crippen LogP contribution in [0, 0.1) is 13.8 Å². The second kappa shape index (κ2) is 8.45. The van der Waals surface area contributed by atoms with Gasteiger partial charge in [0.2, 0.25) is 5.89 Å². The van der Waals surface area contributed by atoms with Crippen molar-refractivity contribution >= 4 is 29.0 Å². The first kappa shape index (κ1) is 19.1. The minimum Gasteiger partial charge on any atom is -0.339 e. The number of hydrogen-bond acceptors (Lipinski definition) is 7. The number of amides is 1. The second-order valence-corrected chi connectivity index (χ2v) is 9.05. The second-order valence-electron chi connectivity index (χ2n) is 6.94. The number of aryl methyl sites for hydroxylation is 2. The zero-order valence-corrected chi connectivity index (χ0v) is 17.6. The van der Waals surface area contributed by atoms with Gasteiger partial charge in [-0.2, -0.15) is 4.98 Å². The van der Waals surface area contributed by atoms with Crippen molar-refractivity contribution in [2.75, 3.05) is 13.1 Å². The Balaban J connectivity index is 1.37. The Morgan fingerprint density at radius 3 is 2.79 bits per heavy atom. The van der Waals surface area contributed by atoms with Gasteiger partial charge in [-0.1, -0.05) is 5.16 Å². The van der Waals surface area contributed by atoms with Gasteiger partial charge in [-0.25, -0.2) is 4.98 Å². The molecule has 1 saturated heterocycles. The fourth-order valence-corrected chi connectivity index (χ4v) is 4.86. The summed E-state index contributed by atoms with van der Waals surface area (Å²) in [4.78, 5) is 24.8. The van der Waals surface area contributed by atoms with Gasteiger partial charge in [0.15, 0.2) is 5.82 Å². The third kappa shape index (κ3) is 4.44. The monoisotopic (exact) mass is 414 g/mol. The normalized spacial score (nSPS) is 17.1. The van der Waals surface area contributed by atoms with E-state index in [1.54, 1.807) is 23.1 Å². The van der Waals surface area contributed by atoms with Gasteiger partial charge in [0, 0.05) is 34.7 Å². The minimum absolute atomic E-state index is 0.0626. The average Bonchev–Trinajstić information content (AvgIpc) is 3.34. The predicted octanol–water partition coefficient (Wildman–Crippen LogP) is 4.46. The molecule has 0 bridgehead atoms. The predicted molar refractivity (Wildman–Crippen MR) is 110 cm³/mol. The lowest BCUT2D eigenvalue weighted by molar-refractivity contribution is 0.0695. The molecule has 0 N–H and O–H groups in total. The van der Waals surface area contributed by atoms with Gasteiger partial charge in [0.25, 0.3) is 5.91 Å². The van der Waals surface area contributed by atoms with Crippen LogP contribution in [0.3, 0.4) is 0 Å². The molecule has 0 radical (unpaired) electrons. The van der Waals surface area contributed by atoms with E-state index >= 15 is 0 Å². The Morgan fingerprint density at radius 1 is 1.29 bits per heavy atom. The molecule has 2 aromatic heterocycles. The minimum atomic E-state index is 0.0626. The summed E-state index contributed by atoms with van der Waals surface area (Å²) in [5.41, 5.74) is 1.82. The standard InChI is InChI=1S/C20H22N4O2S2/c1-13-21-19(26-23-13)16-4-3-9-24(10-16)20(25)15-5-7-18(8-6-15)28-12-17-11-27-14(2)22-17/h5-8,11,16H,3-4,9-10,12H2,1-2H3. The van der Waals surface area contributed by atoms with Crippen LogP contribution >= 0.6 is 23.1 Å². The van der Waals surface area contributed by atoms with Gasteiger partial charge in [-0.3, -0.25) is 4.79 Å². The van der Waals surface area contributed by atoms with Crippen LogP contribution in [0.1, 0.15) is 51.5 Å². The van der Waals surface area contributed by atoms with E-state index in [-0.39, 0.29) is 11.8 Å². The molecule has 6 nitrogen and oxygen atoms in total. The molecule has 28 heavy (non-hydrogen) atoms. The van der Waals surface area contributed by atoms with Gasteiger partial charge in [-0.05, 0) is 51.0 Å². The van der Waals surface area contributed by atoms with E-state index in [1.165, 1.54) is 0 Å². The number of nitrogens with zero attached hydrogens (tertiary/aromatic N) is 4. The molecule has 0 saturated carbocycles. The van der Waals surface area contributed by atoms with Crippen LogP contribution < -0.4 is 0 Å². The van der Waals surface area contributed by atoms with Crippen molar-refractivity contribution < 1.29 is 9.32 Å². The number of carbonyl (C=O) groups is 1. The van der Waals surface area contributed by atoms with Crippen molar-refractivity contribution in [1.82, 2.24) is 20.0 Å². The summed E-state index contributed by atoms with van der Waals surface area (Å²) in [7, 11) is 0. The maximum absolute atomic E-state index is 12.9. The fraction of sp³-hybridized carbons (Fsp3) is 0.400. The first-order valence-electron chi connectivity index (χ1n) is 9.32. The van der Waals surface area contributed by atoms with E-state index in [1.807, 2.05) is 43.0 Å². The molecule has 1 aliphatic heterocycles.